The highest BCUT2D eigenvalue weighted by Gasteiger charge is 2.11. The van der Waals surface area contributed by atoms with Gasteiger partial charge < -0.3 is 9.47 Å². The number of hydrogen-bond donors (Lipinski definition) is 0. The maximum atomic E-state index is 5.97. The van der Waals surface area contributed by atoms with Crippen LogP contribution >= 0.6 is 23.5 Å². The zero-order valence-electron chi connectivity index (χ0n) is 18.2. The van der Waals surface area contributed by atoms with Gasteiger partial charge in [-0.2, -0.15) is 0 Å². The van der Waals surface area contributed by atoms with Crippen molar-refractivity contribution in [1.82, 2.24) is 0 Å². The fourth-order valence-electron chi connectivity index (χ4n) is 2.89. The molecule has 0 radical (unpaired) electrons. The van der Waals surface area contributed by atoms with Gasteiger partial charge in [0, 0.05) is 33.3 Å². The Morgan fingerprint density at radius 3 is 1.58 bits per heavy atom. The van der Waals surface area contributed by atoms with E-state index < -0.39 is 0 Å². The molecule has 0 saturated heterocycles. The van der Waals surface area contributed by atoms with Gasteiger partial charge >= 0.3 is 0 Å². The molecular weight excluding hydrogens is 424 g/mol. The average molecular weight is 451 g/mol. The van der Waals surface area contributed by atoms with Crippen LogP contribution in [0.15, 0.2) is 80.4 Å². The third kappa shape index (κ3) is 6.39. The molecule has 0 fully saturated rings. The number of hydrogen-bond acceptors (Lipinski definition) is 6. The number of ether oxygens (including phenoxy) is 2. The first kappa shape index (κ1) is 23.0. The van der Waals surface area contributed by atoms with Gasteiger partial charge in [0.2, 0.25) is 0 Å². The Bertz CT molecular complexity index is 968. The van der Waals surface area contributed by atoms with Crippen LogP contribution in [0.3, 0.4) is 0 Å². The van der Waals surface area contributed by atoms with Gasteiger partial charge in [0.15, 0.2) is 0 Å². The number of thioether (sulfide) groups is 2. The molecule has 0 bridgehead atoms. The monoisotopic (exact) mass is 450 g/mol. The lowest BCUT2D eigenvalue weighted by molar-refractivity contribution is 0.338. The molecule has 0 heterocycles. The third-order valence-electron chi connectivity index (χ3n) is 4.49. The van der Waals surface area contributed by atoms with Gasteiger partial charge in [0.25, 0.3) is 0 Å². The largest absolute Gasteiger partial charge is 0.497 e. The lowest BCUT2D eigenvalue weighted by Crippen LogP contribution is -2.02. The van der Waals surface area contributed by atoms with E-state index in [1.54, 1.807) is 30.6 Å². The van der Waals surface area contributed by atoms with Crippen LogP contribution < -0.4 is 9.47 Å². The van der Waals surface area contributed by atoms with Gasteiger partial charge in [0.05, 0.1) is 25.1 Å². The minimum atomic E-state index is 0.541. The molecular formula is C25H26N2O2S2. The lowest BCUT2D eigenvalue weighted by atomic mass is 10.1. The predicted molar refractivity (Wildman–Crippen MR) is 135 cm³/mol. The normalized spacial score (nSPS) is 11.4. The van der Waals surface area contributed by atoms with Gasteiger partial charge in [0.1, 0.15) is 11.5 Å². The Balaban J connectivity index is 1.95. The highest BCUT2D eigenvalue weighted by molar-refractivity contribution is 7.98. The molecule has 0 aromatic heterocycles. The van der Waals surface area contributed by atoms with E-state index in [0.29, 0.717) is 6.61 Å². The maximum Gasteiger partial charge on any atom is 0.137 e. The quantitative estimate of drug-likeness (QED) is 0.259. The molecule has 0 spiro atoms. The summed E-state index contributed by atoms with van der Waals surface area (Å²) < 4.78 is 11.5. The average Bonchev–Trinajstić information content (AvgIpc) is 2.83. The van der Waals surface area contributed by atoms with Crippen molar-refractivity contribution in [2.24, 2.45) is 9.98 Å². The van der Waals surface area contributed by atoms with E-state index in [1.807, 2.05) is 55.8 Å². The van der Waals surface area contributed by atoms with Crippen molar-refractivity contribution in [1.29, 1.82) is 0 Å². The predicted octanol–water partition coefficient (Wildman–Crippen LogP) is 7.04. The summed E-state index contributed by atoms with van der Waals surface area (Å²) in [5.41, 5.74) is 3.45. The Morgan fingerprint density at radius 1 is 0.774 bits per heavy atom. The van der Waals surface area contributed by atoms with E-state index in [9.17, 15) is 0 Å². The Kier molecular flexibility index (Phi) is 8.62. The van der Waals surface area contributed by atoms with Crippen molar-refractivity contribution in [3.8, 4) is 11.5 Å². The molecule has 0 amide bonds. The van der Waals surface area contributed by atoms with Crippen molar-refractivity contribution in [3.05, 3.63) is 71.8 Å². The number of nitrogens with zero attached hydrogens (tertiary/aromatic N) is 2. The second-order valence-corrected chi connectivity index (χ2v) is 8.24. The summed E-state index contributed by atoms with van der Waals surface area (Å²) in [7, 11) is 1.65. The summed E-state index contributed by atoms with van der Waals surface area (Å²) in [5, 5.41) is 0. The summed E-state index contributed by atoms with van der Waals surface area (Å²) in [6, 6.07) is 20.1. The molecule has 6 heteroatoms. The first-order valence-electron chi connectivity index (χ1n) is 9.88. The van der Waals surface area contributed by atoms with Crippen molar-refractivity contribution >= 4 is 47.3 Å². The van der Waals surface area contributed by atoms with Crippen LogP contribution in [0, 0.1) is 0 Å². The molecule has 0 saturated carbocycles. The summed E-state index contributed by atoms with van der Waals surface area (Å²) in [5.74, 6) is 1.46. The molecule has 3 aromatic rings. The first-order chi connectivity index (χ1) is 15.2. The fourth-order valence-corrected chi connectivity index (χ4v) is 3.71. The highest BCUT2D eigenvalue weighted by Crippen LogP contribution is 2.29. The topological polar surface area (TPSA) is 43.2 Å². The van der Waals surface area contributed by atoms with Crippen LogP contribution in [0.4, 0.5) is 11.4 Å². The minimum absolute atomic E-state index is 0.541. The van der Waals surface area contributed by atoms with E-state index in [0.717, 1.165) is 34.0 Å². The highest BCUT2D eigenvalue weighted by atomic mass is 32.2. The number of aliphatic imine (C=N–C) groups is 2. The molecule has 3 aromatic carbocycles. The Hall–Kier alpha value is -2.70. The van der Waals surface area contributed by atoms with E-state index in [-0.39, 0.29) is 0 Å². The Morgan fingerprint density at radius 2 is 1.23 bits per heavy atom. The fraction of sp³-hybridized carbons (Fsp3) is 0.200. The third-order valence-corrected chi connectivity index (χ3v) is 5.98. The van der Waals surface area contributed by atoms with E-state index in [2.05, 4.69) is 46.8 Å². The van der Waals surface area contributed by atoms with Crippen LogP contribution in [0.5, 0.6) is 11.5 Å². The smallest absolute Gasteiger partial charge is 0.137 e. The standard InChI is InChI=1S/C25H26N2O2S2/c1-5-29-25-18(16-26-20-6-10-23(30-3)11-7-20)14-22(28-2)15-19(25)17-27-21-8-12-24(31-4)13-9-21/h6-17H,5H2,1-4H3. The molecule has 0 aliphatic carbocycles. The van der Waals surface area contributed by atoms with E-state index in [4.69, 9.17) is 9.47 Å². The summed E-state index contributed by atoms with van der Waals surface area (Å²) in [6.45, 7) is 2.51. The molecule has 0 aliphatic rings. The molecule has 0 aliphatic heterocycles. The molecule has 0 unspecified atom stereocenters. The summed E-state index contributed by atoms with van der Waals surface area (Å²) >= 11 is 3.42. The lowest BCUT2D eigenvalue weighted by Gasteiger charge is -2.13. The van der Waals surface area contributed by atoms with Gasteiger partial charge in [-0.25, -0.2) is 0 Å². The second-order valence-electron chi connectivity index (χ2n) is 6.48. The Labute approximate surface area is 192 Å². The molecule has 0 N–H and O–H groups in total. The maximum absolute atomic E-state index is 5.97. The number of benzene rings is 3. The van der Waals surface area contributed by atoms with Gasteiger partial charge in [-0.05, 0) is 80.1 Å². The van der Waals surface area contributed by atoms with Crippen LogP contribution in [0.25, 0.3) is 0 Å². The molecule has 160 valence electrons. The zero-order valence-corrected chi connectivity index (χ0v) is 19.8. The molecule has 31 heavy (non-hydrogen) atoms. The van der Waals surface area contributed by atoms with E-state index in [1.165, 1.54) is 9.79 Å². The van der Waals surface area contributed by atoms with Crippen molar-refractivity contribution < 1.29 is 9.47 Å². The van der Waals surface area contributed by atoms with Crippen LogP contribution in [0.2, 0.25) is 0 Å². The number of methoxy groups -OCH3 is 1. The zero-order chi connectivity index (χ0) is 22.1. The minimum Gasteiger partial charge on any atom is -0.497 e. The van der Waals surface area contributed by atoms with E-state index >= 15 is 0 Å². The SMILES string of the molecule is CCOc1c(C=Nc2ccc(SC)cc2)cc(OC)cc1C=Nc1ccc(SC)cc1. The number of rotatable bonds is 9. The molecule has 0 atom stereocenters. The second kappa shape index (κ2) is 11.6. The van der Waals surface area contributed by atoms with Crippen LogP contribution in [-0.2, 0) is 0 Å². The van der Waals surface area contributed by atoms with Crippen molar-refractivity contribution in [2.75, 3.05) is 26.2 Å². The van der Waals surface area contributed by atoms with Crippen molar-refractivity contribution in [3.63, 3.8) is 0 Å². The van der Waals surface area contributed by atoms with Crippen LogP contribution in [0.1, 0.15) is 18.1 Å². The summed E-state index contributed by atoms with van der Waals surface area (Å²) in [6.07, 6.45) is 7.74. The molecule has 4 nitrogen and oxygen atoms in total. The van der Waals surface area contributed by atoms with Gasteiger partial charge in [-0.15, -0.1) is 23.5 Å². The van der Waals surface area contributed by atoms with Gasteiger partial charge in [-0.3, -0.25) is 9.98 Å². The van der Waals surface area contributed by atoms with Crippen LogP contribution in [-0.4, -0.2) is 38.7 Å². The first-order valence-corrected chi connectivity index (χ1v) is 12.3. The summed E-state index contributed by atoms with van der Waals surface area (Å²) in [4.78, 5) is 11.7. The van der Waals surface area contributed by atoms with Gasteiger partial charge in [-0.1, -0.05) is 0 Å². The molecule has 3 rings (SSSR count). The van der Waals surface area contributed by atoms with Crippen molar-refractivity contribution in [2.45, 2.75) is 16.7 Å².